The second-order valence-corrected chi connectivity index (χ2v) is 8.21. The number of amides is 2. The van der Waals surface area contributed by atoms with Crippen molar-refractivity contribution in [2.75, 3.05) is 4.90 Å². The van der Waals surface area contributed by atoms with E-state index in [1.54, 1.807) is 36.1 Å². The summed E-state index contributed by atoms with van der Waals surface area (Å²) in [5.41, 5.74) is 6.59. The molecule has 1 aliphatic heterocycles. The maximum Gasteiger partial charge on any atom is 0.271 e. The van der Waals surface area contributed by atoms with Gasteiger partial charge in [0.15, 0.2) is 0 Å². The van der Waals surface area contributed by atoms with Crippen LogP contribution in [0.15, 0.2) is 90.0 Å². The predicted molar refractivity (Wildman–Crippen MR) is 134 cm³/mol. The number of carbonyl (C=O) groups is 2. The van der Waals surface area contributed by atoms with Crippen LogP contribution in [0.25, 0.3) is 10.8 Å². The van der Waals surface area contributed by atoms with Gasteiger partial charge in [0.05, 0.1) is 22.9 Å². The highest BCUT2D eigenvalue weighted by Crippen LogP contribution is 2.37. The Morgan fingerprint density at radius 3 is 2.29 bits per heavy atom. The number of hydrogen-bond acceptors (Lipinski definition) is 5. The highest BCUT2D eigenvalue weighted by Gasteiger charge is 2.29. The molecule has 35 heavy (non-hydrogen) atoms. The van der Waals surface area contributed by atoms with Gasteiger partial charge in [-0.3, -0.25) is 19.7 Å². The Hall–Kier alpha value is -4.85. The lowest BCUT2D eigenvalue weighted by molar-refractivity contribution is -0.384. The number of hydrogen-bond donors (Lipinski definition) is 1. The molecule has 0 aliphatic carbocycles. The molecule has 0 unspecified atom stereocenters. The summed E-state index contributed by atoms with van der Waals surface area (Å²) in [4.78, 5) is 37.6. The number of hydrazone groups is 1. The van der Waals surface area contributed by atoms with E-state index in [1.807, 2.05) is 48.5 Å². The number of non-ortho nitro benzene ring substituents is 1. The third-order valence-electron chi connectivity index (χ3n) is 6.03. The molecule has 8 nitrogen and oxygen atoms in total. The molecule has 0 spiro atoms. The molecule has 0 atom stereocenters. The van der Waals surface area contributed by atoms with E-state index in [2.05, 4.69) is 10.5 Å². The summed E-state index contributed by atoms with van der Waals surface area (Å²) in [7, 11) is 0. The van der Waals surface area contributed by atoms with Crippen LogP contribution in [0.3, 0.4) is 0 Å². The standard InChI is InChI=1S/C27H20N4O4/c1-17(19-12-14-22(15-13-19)31(34)35)28-29-26(32)21-10-8-18(9-11-21)16-30-24-7-3-5-20-4-2-6-23(25(20)24)27(30)33/h2-15H,16H2,1H3,(H,29,32). The van der Waals surface area contributed by atoms with Gasteiger partial charge in [0.2, 0.25) is 0 Å². The minimum atomic E-state index is -0.472. The van der Waals surface area contributed by atoms with E-state index in [9.17, 15) is 19.7 Å². The van der Waals surface area contributed by atoms with Gasteiger partial charge in [-0.15, -0.1) is 0 Å². The first-order chi connectivity index (χ1) is 16.9. The summed E-state index contributed by atoms with van der Waals surface area (Å²) >= 11 is 0. The minimum absolute atomic E-state index is 0.0122. The SMILES string of the molecule is CC(=NNC(=O)c1ccc(CN2C(=O)c3cccc4cccc2c34)cc1)c1ccc([N+](=O)[O-])cc1. The van der Waals surface area contributed by atoms with Gasteiger partial charge in [-0.25, -0.2) is 5.43 Å². The van der Waals surface area contributed by atoms with Crippen molar-refractivity contribution in [3.63, 3.8) is 0 Å². The predicted octanol–water partition coefficient (Wildman–Crippen LogP) is 5.06. The third-order valence-corrected chi connectivity index (χ3v) is 6.03. The molecular weight excluding hydrogens is 444 g/mol. The highest BCUT2D eigenvalue weighted by atomic mass is 16.6. The fourth-order valence-electron chi connectivity index (χ4n) is 4.17. The zero-order valence-corrected chi connectivity index (χ0v) is 18.8. The molecule has 0 bridgehead atoms. The normalized spacial score (nSPS) is 12.8. The van der Waals surface area contributed by atoms with E-state index < -0.39 is 4.92 Å². The molecule has 8 heteroatoms. The fraction of sp³-hybridized carbons (Fsp3) is 0.0741. The number of benzene rings is 4. The van der Waals surface area contributed by atoms with Gasteiger partial charge in [0.1, 0.15) is 0 Å². The summed E-state index contributed by atoms with van der Waals surface area (Å²) in [6.07, 6.45) is 0. The first-order valence-corrected chi connectivity index (χ1v) is 10.9. The molecule has 1 heterocycles. The Labute approximate surface area is 200 Å². The lowest BCUT2D eigenvalue weighted by atomic mass is 10.1. The summed E-state index contributed by atoms with van der Waals surface area (Å²) in [6.45, 7) is 2.10. The quantitative estimate of drug-likeness (QED) is 0.245. The molecule has 0 fully saturated rings. The summed E-state index contributed by atoms with van der Waals surface area (Å²) in [5.74, 6) is -0.415. The zero-order valence-electron chi connectivity index (χ0n) is 18.8. The topological polar surface area (TPSA) is 105 Å². The molecule has 4 aromatic carbocycles. The van der Waals surface area contributed by atoms with Crippen molar-refractivity contribution in [2.45, 2.75) is 13.5 Å². The Balaban J connectivity index is 1.27. The molecule has 5 rings (SSSR count). The van der Waals surface area contributed by atoms with Crippen LogP contribution in [0, 0.1) is 10.1 Å². The van der Waals surface area contributed by atoms with Crippen molar-refractivity contribution in [2.24, 2.45) is 5.10 Å². The van der Waals surface area contributed by atoms with Crippen LogP contribution < -0.4 is 10.3 Å². The Bertz CT molecular complexity index is 1500. The Morgan fingerprint density at radius 2 is 1.60 bits per heavy atom. The van der Waals surface area contributed by atoms with Crippen molar-refractivity contribution in [1.29, 1.82) is 0 Å². The van der Waals surface area contributed by atoms with Crippen LogP contribution in [0.2, 0.25) is 0 Å². The maximum atomic E-state index is 13.0. The molecule has 172 valence electrons. The van der Waals surface area contributed by atoms with Crippen LogP contribution >= 0.6 is 0 Å². The molecule has 4 aromatic rings. The van der Waals surface area contributed by atoms with E-state index >= 15 is 0 Å². The Morgan fingerprint density at radius 1 is 0.943 bits per heavy atom. The minimum Gasteiger partial charge on any atom is -0.303 e. The van der Waals surface area contributed by atoms with E-state index in [1.165, 1.54) is 12.1 Å². The third kappa shape index (κ3) is 4.13. The molecule has 0 saturated heterocycles. The second-order valence-electron chi connectivity index (χ2n) is 8.21. The molecule has 1 aliphatic rings. The van der Waals surface area contributed by atoms with Crippen molar-refractivity contribution in [3.05, 3.63) is 117 Å². The van der Waals surface area contributed by atoms with Gasteiger partial charge in [-0.1, -0.05) is 36.4 Å². The lowest BCUT2D eigenvalue weighted by Gasteiger charge is -2.18. The Kier molecular flexibility index (Phi) is 5.54. The van der Waals surface area contributed by atoms with Crippen molar-refractivity contribution >= 4 is 39.7 Å². The molecule has 0 aromatic heterocycles. The van der Waals surface area contributed by atoms with Crippen LogP contribution in [0.5, 0.6) is 0 Å². The molecule has 0 radical (unpaired) electrons. The average Bonchev–Trinajstić information content (AvgIpc) is 3.15. The second kappa shape index (κ2) is 8.83. The number of nitro groups is 1. The number of nitrogens with zero attached hydrogens (tertiary/aromatic N) is 3. The van der Waals surface area contributed by atoms with E-state index in [-0.39, 0.29) is 17.5 Å². The van der Waals surface area contributed by atoms with Crippen molar-refractivity contribution in [1.82, 2.24) is 5.43 Å². The monoisotopic (exact) mass is 464 g/mol. The number of carbonyl (C=O) groups excluding carboxylic acids is 2. The summed E-state index contributed by atoms with van der Waals surface area (Å²) < 4.78 is 0. The van der Waals surface area contributed by atoms with Gasteiger partial charge in [0.25, 0.3) is 17.5 Å². The van der Waals surface area contributed by atoms with E-state index in [4.69, 9.17) is 0 Å². The number of nitrogens with one attached hydrogen (secondary N) is 1. The van der Waals surface area contributed by atoms with E-state index in [0.717, 1.165) is 22.0 Å². The number of rotatable bonds is 6. The van der Waals surface area contributed by atoms with Gasteiger partial charge < -0.3 is 4.90 Å². The summed E-state index contributed by atoms with van der Waals surface area (Å²) in [5, 5.41) is 16.9. The molecule has 2 amide bonds. The van der Waals surface area contributed by atoms with Gasteiger partial charge in [0, 0.05) is 28.6 Å². The fourth-order valence-corrected chi connectivity index (χ4v) is 4.17. The first-order valence-electron chi connectivity index (χ1n) is 10.9. The molecule has 1 N–H and O–H groups in total. The highest BCUT2D eigenvalue weighted by molar-refractivity contribution is 6.24. The molecule has 0 saturated carbocycles. The van der Waals surface area contributed by atoms with Crippen LogP contribution in [-0.4, -0.2) is 22.4 Å². The van der Waals surface area contributed by atoms with Crippen molar-refractivity contribution in [3.8, 4) is 0 Å². The number of nitro benzene ring substituents is 1. The molecular formula is C27H20N4O4. The first kappa shape index (κ1) is 22.0. The maximum absolute atomic E-state index is 13.0. The van der Waals surface area contributed by atoms with Crippen molar-refractivity contribution < 1.29 is 14.5 Å². The largest absolute Gasteiger partial charge is 0.303 e. The van der Waals surface area contributed by atoms with Crippen LogP contribution in [-0.2, 0) is 6.54 Å². The number of anilines is 1. The van der Waals surface area contributed by atoms with Crippen LogP contribution in [0.4, 0.5) is 11.4 Å². The van der Waals surface area contributed by atoms with Gasteiger partial charge in [-0.05, 0) is 59.8 Å². The summed E-state index contributed by atoms with van der Waals surface area (Å²) in [6, 6.07) is 24.6. The lowest BCUT2D eigenvalue weighted by Crippen LogP contribution is -2.26. The smallest absolute Gasteiger partial charge is 0.271 e. The zero-order chi connectivity index (χ0) is 24.5. The van der Waals surface area contributed by atoms with E-state index in [0.29, 0.717) is 28.9 Å². The average molecular weight is 464 g/mol. The van der Waals surface area contributed by atoms with Crippen LogP contribution in [0.1, 0.15) is 38.8 Å². The van der Waals surface area contributed by atoms with Gasteiger partial charge in [-0.2, -0.15) is 5.10 Å². The van der Waals surface area contributed by atoms with Gasteiger partial charge >= 0.3 is 0 Å².